The van der Waals surface area contributed by atoms with Gasteiger partial charge >= 0.3 is 0 Å². The zero-order valence-corrected chi connectivity index (χ0v) is 9.09. The van der Waals surface area contributed by atoms with Crippen molar-refractivity contribution >= 4 is 5.52 Å². The summed E-state index contributed by atoms with van der Waals surface area (Å²) in [5, 5.41) is 0. The van der Waals surface area contributed by atoms with Crippen molar-refractivity contribution in [3.8, 4) is 11.4 Å². The quantitative estimate of drug-likeness (QED) is 0.599. The number of pyridine rings is 1. The zero-order chi connectivity index (χ0) is 11.0. The molecule has 0 aliphatic heterocycles. The van der Waals surface area contributed by atoms with Crippen molar-refractivity contribution < 1.29 is 0 Å². The third kappa shape index (κ3) is 1.31. The van der Waals surface area contributed by atoms with Crippen LogP contribution in [0.25, 0.3) is 16.9 Å². The molecule has 0 bridgehead atoms. The number of nitrogens with zero attached hydrogens (tertiary/aromatic N) is 2. The summed E-state index contributed by atoms with van der Waals surface area (Å²) in [6, 6.07) is 16.5. The Morgan fingerprint density at radius 1 is 0.938 bits per heavy atom. The Morgan fingerprint density at radius 2 is 1.75 bits per heavy atom. The van der Waals surface area contributed by atoms with Crippen LogP contribution in [0.15, 0.2) is 54.7 Å². The number of aromatic nitrogens is 2. The molecule has 0 aliphatic rings. The Kier molecular flexibility index (Phi) is 2.00. The van der Waals surface area contributed by atoms with E-state index in [9.17, 15) is 0 Å². The second-order valence-electron chi connectivity index (χ2n) is 3.88. The Labute approximate surface area is 94.2 Å². The van der Waals surface area contributed by atoms with Crippen molar-refractivity contribution in [2.45, 2.75) is 6.92 Å². The van der Waals surface area contributed by atoms with Gasteiger partial charge in [-0.3, -0.25) is 4.40 Å². The normalized spacial score (nSPS) is 10.8. The minimum atomic E-state index is 1.01. The molecule has 0 atom stereocenters. The fraction of sp³-hybridized carbons (Fsp3) is 0.0714. The number of imidazole rings is 1. The van der Waals surface area contributed by atoms with E-state index < -0.39 is 0 Å². The summed E-state index contributed by atoms with van der Waals surface area (Å²) in [4.78, 5) is 4.49. The fourth-order valence-corrected chi connectivity index (χ4v) is 2.00. The molecular weight excluding hydrogens is 196 g/mol. The molecule has 0 amide bonds. The van der Waals surface area contributed by atoms with E-state index in [4.69, 9.17) is 0 Å². The van der Waals surface area contributed by atoms with Crippen LogP contribution in [0, 0.1) is 6.92 Å². The van der Waals surface area contributed by atoms with Crippen LogP contribution < -0.4 is 0 Å². The van der Waals surface area contributed by atoms with Gasteiger partial charge in [-0.05, 0) is 19.1 Å². The van der Waals surface area contributed by atoms with Gasteiger partial charge in [0.2, 0.25) is 0 Å². The maximum atomic E-state index is 4.49. The molecule has 0 radical (unpaired) electrons. The highest BCUT2D eigenvalue weighted by Gasteiger charge is 2.06. The van der Waals surface area contributed by atoms with Gasteiger partial charge in [0, 0.05) is 11.3 Å². The third-order valence-corrected chi connectivity index (χ3v) is 2.78. The predicted molar refractivity (Wildman–Crippen MR) is 65.4 cm³/mol. The highest BCUT2D eigenvalue weighted by atomic mass is 15.0. The van der Waals surface area contributed by atoms with Crippen LogP contribution in [-0.4, -0.2) is 9.38 Å². The summed E-state index contributed by atoms with van der Waals surface area (Å²) in [7, 11) is 0. The van der Waals surface area contributed by atoms with Gasteiger partial charge in [-0.15, -0.1) is 0 Å². The molecule has 2 nitrogen and oxygen atoms in total. The number of rotatable bonds is 1. The van der Waals surface area contributed by atoms with E-state index in [1.54, 1.807) is 0 Å². The van der Waals surface area contributed by atoms with Gasteiger partial charge < -0.3 is 0 Å². The lowest BCUT2D eigenvalue weighted by Crippen LogP contribution is -1.93. The number of aryl methyl sites for hydroxylation is 1. The van der Waals surface area contributed by atoms with Crippen LogP contribution in [0.3, 0.4) is 0 Å². The molecule has 3 rings (SSSR count). The SMILES string of the molecule is Cc1cccc2cnc(-c3ccccc3)n12. The van der Waals surface area contributed by atoms with Crippen molar-refractivity contribution in [1.82, 2.24) is 9.38 Å². The first-order valence-electron chi connectivity index (χ1n) is 5.35. The molecule has 0 aliphatic carbocycles. The molecular formula is C14H12N2. The van der Waals surface area contributed by atoms with Crippen molar-refractivity contribution in [1.29, 1.82) is 0 Å². The molecule has 3 aromatic rings. The van der Waals surface area contributed by atoms with Crippen LogP contribution in [0.5, 0.6) is 0 Å². The molecule has 0 spiro atoms. The molecule has 16 heavy (non-hydrogen) atoms. The smallest absolute Gasteiger partial charge is 0.144 e. The Hall–Kier alpha value is -2.09. The first-order chi connectivity index (χ1) is 7.86. The monoisotopic (exact) mass is 208 g/mol. The Bertz CT molecular complexity index is 624. The highest BCUT2D eigenvalue weighted by molar-refractivity contribution is 5.62. The molecule has 0 N–H and O–H groups in total. The van der Waals surface area contributed by atoms with Crippen LogP contribution in [0.1, 0.15) is 5.69 Å². The molecule has 0 saturated heterocycles. The predicted octanol–water partition coefficient (Wildman–Crippen LogP) is 3.31. The van der Waals surface area contributed by atoms with Crippen molar-refractivity contribution in [2.24, 2.45) is 0 Å². The van der Waals surface area contributed by atoms with E-state index >= 15 is 0 Å². The van der Waals surface area contributed by atoms with Crippen LogP contribution in [-0.2, 0) is 0 Å². The first kappa shape index (κ1) is 9.16. The van der Waals surface area contributed by atoms with E-state index in [-0.39, 0.29) is 0 Å². The van der Waals surface area contributed by atoms with Gasteiger partial charge in [-0.1, -0.05) is 36.4 Å². The first-order valence-corrected chi connectivity index (χ1v) is 5.35. The van der Waals surface area contributed by atoms with Gasteiger partial charge in [0.15, 0.2) is 0 Å². The maximum absolute atomic E-state index is 4.49. The maximum Gasteiger partial charge on any atom is 0.144 e. The van der Waals surface area contributed by atoms with Crippen molar-refractivity contribution in [3.63, 3.8) is 0 Å². The third-order valence-electron chi connectivity index (χ3n) is 2.78. The van der Waals surface area contributed by atoms with Gasteiger partial charge in [-0.2, -0.15) is 0 Å². The molecule has 0 unspecified atom stereocenters. The van der Waals surface area contributed by atoms with Crippen LogP contribution in [0.4, 0.5) is 0 Å². The Morgan fingerprint density at radius 3 is 2.56 bits per heavy atom. The zero-order valence-electron chi connectivity index (χ0n) is 9.09. The molecule has 0 saturated carbocycles. The molecule has 2 heteroatoms. The van der Waals surface area contributed by atoms with E-state index in [1.165, 1.54) is 5.69 Å². The molecule has 78 valence electrons. The summed E-state index contributed by atoms with van der Waals surface area (Å²) in [5.41, 5.74) is 3.49. The molecule has 1 aromatic carbocycles. The topological polar surface area (TPSA) is 17.3 Å². The number of benzene rings is 1. The molecule has 0 fully saturated rings. The second-order valence-corrected chi connectivity index (χ2v) is 3.88. The summed E-state index contributed by atoms with van der Waals surface area (Å²) in [6.07, 6.45) is 1.91. The van der Waals surface area contributed by atoms with Gasteiger partial charge in [0.05, 0.1) is 11.7 Å². The Balaban J connectivity index is 2.33. The average molecular weight is 208 g/mol. The standard InChI is InChI=1S/C14H12N2/c1-11-6-5-9-13-10-15-14(16(11)13)12-7-3-2-4-8-12/h2-10H,1H3. The van der Waals surface area contributed by atoms with Gasteiger partial charge in [0.25, 0.3) is 0 Å². The van der Waals surface area contributed by atoms with Gasteiger partial charge in [-0.25, -0.2) is 4.98 Å². The van der Waals surface area contributed by atoms with E-state index in [0.29, 0.717) is 0 Å². The molecule has 2 heterocycles. The number of hydrogen-bond acceptors (Lipinski definition) is 1. The lowest BCUT2D eigenvalue weighted by atomic mass is 10.2. The number of fused-ring (bicyclic) bond motifs is 1. The van der Waals surface area contributed by atoms with E-state index in [2.05, 4.69) is 46.6 Å². The summed E-state index contributed by atoms with van der Waals surface area (Å²) in [5.74, 6) is 1.01. The van der Waals surface area contributed by atoms with Crippen LogP contribution in [0.2, 0.25) is 0 Å². The largest absolute Gasteiger partial charge is 0.297 e. The minimum Gasteiger partial charge on any atom is -0.297 e. The molecule has 2 aromatic heterocycles. The summed E-state index contributed by atoms with van der Waals surface area (Å²) in [6.45, 7) is 2.10. The summed E-state index contributed by atoms with van der Waals surface area (Å²) >= 11 is 0. The van der Waals surface area contributed by atoms with Crippen molar-refractivity contribution in [3.05, 3.63) is 60.4 Å². The second kappa shape index (κ2) is 3.49. The lowest BCUT2D eigenvalue weighted by Gasteiger charge is -2.04. The minimum absolute atomic E-state index is 1.01. The van der Waals surface area contributed by atoms with Crippen LogP contribution >= 0.6 is 0 Å². The lowest BCUT2D eigenvalue weighted by molar-refractivity contribution is 1.08. The summed E-state index contributed by atoms with van der Waals surface area (Å²) < 4.78 is 2.18. The fourth-order valence-electron chi connectivity index (χ4n) is 2.00. The number of hydrogen-bond donors (Lipinski definition) is 0. The van der Waals surface area contributed by atoms with E-state index in [0.717, 1.165) is 16.9 Å². The average Bonchev–Trinajstić information content (AvgIpc) is 2.75. The highest BCUT2D eigenvalue weighted by Crippen LogP contribution is 2.20. The van der Waals surface area contributed by atoms with E-state index in [1.807, 2.05) is 24.4 Å². The van der Waals surface area contributed by atoms with Gasteiger partial charge in [0.1, 0.15) is 5.82 Å². The van der Waals surface area contributed by atoms with Crippen molar-refractivity contribution in [2.75, 3.05) is 0 Å².